The smallest absolute Gasteiger partial charge is 0.191 e. The second kappa shape index (κ2) is 9.87. The maximum atomic E-state index is 4.37. The van der Waals surface area contributed by atoms with Crippen LogP contribution in [0.4, 0.5) is 0 Å². The fourth-order valence-corrected chi connectivity index (χ4v) is 3.51. The van der Waals surface area contributed by atoms with Gasteiger partial charge in [-0.3, -0.25) is 9.89 Å². The molecule has 5 heteroatoms. The summed E-state index contributed by atoms with van der Waals surface area (Å²) in [6.45, 7) is 8.13. The van der Waals surface area contributed by atoms with Gasteiger partial charge < -0.3 is 10.6 Å². The summed E-state index contributed by atoms with van der Waals surface area (Å²) in [7, 11) is 1.88. The molecule has 0 radical (unpaired) electrons. The summed E-state index contributed by atoms with van der Waals surface area (Å²) >= 11 is 0. The van der Waals surface area contributed by atoms with E-state index in [0.717, 1.165) is 18.4 Å². The summed E-state index contributed by atoms with van der Waals surface area (Å²) < 4.78 is 0. The number of nitrogens with zero attached hydrogens (tertiary/aromatic N) is 2. The second-order valence-corrected chi connectivity index (χ2v) is 6.76. The van der Waals surface area contributed by atoms with E-state index in [1.165, 1.54) is 51.6 Å². The summed E-state index contributed by atoms with van der Waals surface area (Å²) in [5.74, 6) is 1.75. The first-order valence-electron chi connectivity index (χ1n) is 8.40. The summed E-state index contributed by atoms with van der Waals surface area (Å²) in [5.41, 5.74) is 0. The van der Waals surface area contributed by atoms with Gasteiger partial charge >= 0.3 is 0 Å². The van der Waals surface area contributed by atoms with Crippen LogP contribution in [0.1, 0.15) is 52.4 Å². The molecule has 4 nitrogen and oxygen atoms in total. The Bertz CT molecular complexity index is 313. The largest absolute Gasteiger partial charge is 0.355 e. The predicted octanol–water partition coefficient (Wildman–Crippen LogP) is 2.83. The van der Waals surface area contributed by atoms with E-state index in [2.05, 4.69) is 34.4 Å². The fourth-order valence-electron chi connectivity index (χ4n) is 3.51. The molecule has 1 atom stereocenters. The van der Waals surface area contributed by atoms with Gasteiger partial charge in [-0.1, -0.05) is 26.7 Å². The zero-order chi connectivity index (χ0) is 14.4. The zero-order valence-corrected chi connectivity index (χ0v) is 16.2. The molecule has 0 bridgehead atoms. The molecule has 1 saturated heterocycles. The Hall–Kier alpha value is -0.0400. The molecule has 1 heterocycles. The molecule has 0 aromatic carbocycles. The van der Waals surface area contributed by atoms with E-state index in [9.17, 15) is 0 Å². The van der Waals surface area contributed by atoms with Crippen molar-refractivity contribution in [1.29, 1.82) is 0 Å². The Kier molecular flexibility index (Phi) is 8.94. The Labute approximate surface area is 147 Å². The number of guanidine groups is 1. The third-order valence-corrected chi connectivity index (χ3v) is 4.52. The summed E-state index contributed by atoms with van der Waals surface area (Å²) in [4.78, 5) is 7.01. The maximum absolute atomic E-state index is 4.37. The number of nitrogens with one attached hydrogen (secondary N) is 2. The SMILES string of the molecule is CN=C(NC[C@H]1CCCN1CC(C)C)NC1CCCC1.I. The van der Waals surface area contributed by atoms with Crippen LogP contribution >= 0.6 is 24.0 Å². The average molecular weight is 408 g/mol. The van der Waals surface area contributed by atoms with E-state index in [0.29, 0.717) is 12.1 Å². The fraction of sp³-hybridized carbons (Fsp3) is 0.938. The summed E-state index contributed by atoms with van der Waals surface area (Å²) in [6, 6.07) is 1.32. The lowest BCUT2D eigenvalue weighted by Gasteiger charge is -2.27. The number of likely N-dealkylation sites (tertiary alicyclic amines) is 1. The van der Waals surface area contributed by atoms with Crippen LogP contribution in [0.25, 0.3) is 0 Å². The van der Waals surface area contributed by atoms with Crippen molar-refractivity contribution in [2.45, 2.75) is 64.5 Å². The Morgan fingerprint density at radius 3 is 2.52 bits per heavy atom. The lowest BCUT2D eigenvalue weighted by Crippen LogP contribution is -2.47. The van der Waals surface area contributed by atoms with E-state index >= 15 is 0 Å². The number of halogens is 1. The van der Waals surface area contributed by atoms with Crippen molar-refractivity contribution in [3.8, 4) is 0 Å². The highest BCUT2D eigenvalue weighted by atomic mass is 127. The van der Waals surface area contributed by atoms with Gasteiger partial charge in [0.15, 0.2) is 5.96 Å². The third kappa shape index (κ3) is 6.30. The molecule has 0 aromatic rings. The minimum atomic E-state index is 0. The molecule has 1 aliphatic carbocycles. The molecule has 2 fully saturated rings. The van der Waals surface area contributed by atoms with Crippen LogP contribution in [0, 0.1) is 5.92 Å². The Morgan fingerprint density at radius 2 is 1.90 bits per heavy atom. The van der Waals surface area contributed by atoms with Gasteiger partial charge in [0.25, 0.3) is 0 Å². The second-order valence-electron chi connectivity index (χ2n) is 6.76. The van der Waals surface area contributed by atoms with E-state index in [-0.39, 0.29) is 24.0 Å². The van der Waals surface area contributed by atoms with Crippen molar-refractivity contribution < 1.29 is 0 Å². The first kappa shape index (κ1) is 19.0. The molecule has 2 aliphatic rings. The molecule has 0 spiro atoms. The van der Waals surface area contributed by atoms with Gasteiger partial charge in [-0.25, -0.2) is 0 Å². The summed E-state index contributed by atoms with van der Waals surface area (Å²) in [5, 5.41) is 7.10. The predicted molar refractivity (Wildman–Crippen MR) is 102 cm³/mol. The van der Waals surface area contributed by atoms with Crippen LogP contribution in [-0.4, -0.2) is 49.6 Å². The monoisotopic (exact) mass is 408 g/mol. The first-order chi connectivity index (χ1) is 9.69. The van der Waals surface area contributed by atoms with Crippen LogP contribution in [0.3, 0.4) is 0 Å². The third-order valence-electron chi connectivity index (χ3n) is 4.52. The van der Waals surface area contributed by atoms with Crippen molar-refractivity contribution in [2.24, 2.45) is 10.9 Å². The molecule has 21 heavy (non-hydrogen) atoms. The highest BCUT2D eigenvalue weighted by Crippen LogP contribution is 2.19. The van der Waals surface area contributed by atoms with E-state index in [4.69, 9.17) is 0 Å². The lowest BCUT2D eigenvalue weighted by molar-refractivity contribution is 0.226. The van der Waals surface area contributed by atoms with Crippen molar-refractivity contribution in [1.82, 2.24) is 15.5 Å². The quantitative estimate of drug-likeness (QED) is 0.418. The Balaban J connectivity index is 0.00000220. The molecule has 2 N–H and O–H groups in total. The van der Waals surface area contributed by atoms with Gasteiger partial charge in [0.05, 0.1) is 0 Å². The highest BCUT2D eigenvalue weighted by Gasteiger charge is 2.25. The van der Waals surface area contributed by atoms with Crippen LogP contribution in [-0.2, 0) is 0 Å². The van der Waals surface area contributed by atoms with E-state index in [1.54, 1.807) is 0 Å². The van der Waals surface area contributed by atoms with Crippen molar-refractivity contribution in [2.75, 3.05) is 26.7 Å². The highest BCUT2D eigenvalue weighted by molar-refractivity contribution is 14.0. The van der Waals surface area contributed by atoms with Crippen LogP contribution in [0.15, 0.2) is 4.99 Å². The zero-order valence-electron chi connectivity index (χ0n) is 13.9. The number of hydrogen-bond acceptors (Lipinski definition) is 2. The molecule has 1 aliphatic heterocycles. The van der Waals surface area contributed by atoms with Crippen LogP contribution in [0.2, 0.25) is 0 Å². The number of aliphatic imine (C=N–C) groups is 1. The topological polar surface area (TPSA) is 39.7 Å². The normalized spacial score (nSPS) is 24.4. The minimum absolute atomic E-state index is 0. The van der Waals surface area contributed by atoms with Gasteiger partial charge in [-0.2, -0.15) is 0 Å². The van der Waals surface area contributed by atoms with E-state index < -0.39 is 0 Å². The lowest BCUT2D eigenvalue weighted by atomic mass is 10.1. The first-order valence-corrected chi connectivity index (χ1v) is 8.40. The molecule has 0 amide bonds. The van der Waals surface area contributed by atoms with Gasteiger partial charge in [-0.05, 0) is 38.1 Å². The maximum Gasteiger partial charge on any atom is 0.191 e. The summed E-state index contributed by atoms with van der Waals surface area (Å²) in [6.07, 6.45) is 7.97. The number of rotatable bonds is 5. The molecular weight excluding hydrogens is 375 g/mol. The molecule has 2 rings (SSSR count). The molecule has 1 saturated carbocycles. The molecule has 0 aromatic heterocycles. The van der Waals surface area contributed by atoms with Crippen molar-refractivity contribution in [3.63, 3.8) is 0 Å². The minimum Gasteiger partial charge on any atom is -0.355 e. The average Bonchev–Trinajstić information content (AvgIpc) is 3.05. The van der Waals surface area contributed by atoms with Gasteiger partial charge in [0.1, 0.15) is 0 Å². The van der Waals surface area contributed by atoms with Crippen molar-refractivity contribution >= 4 is 29.9 Å². The molecular formula is C16H33IN4. The Morgan fingerprint density at radius 1 is 1.19 bits per heavy atom. The van der Waals surface area contributed by atoms with Gasteiger partial charge in [0.2, 0.25) is 0 Å². The van der Waals surface area contributed by atoms with Crippen molar-refractivity contribution in [3.05, 3.63) is 0 Å². The van der Waals surface area contributed by atoms with E-state index in [1.807, 2.05) is 7.05 Å². The molecule has 124 valence electrons. The van der Waals surface area contributed by atoms with Gasteiger partial charge in [-0.15, -0.1) is 24.0 Å². The number of hydrogen-bond donors (Lipinski definition) is 2. The standard InChI is InChI=1S/C16H32N4.HI/c1-13(2)12-20-10-6-9-15(20)11-18-16(17-3)19-14-7-4-5-8-14;/h13-15H,4-12H2,1-3H3,(H2,17,18,19);1H/t15-;/m1./s1. The van der Waals surface area contributed by atoms with Crippen LogP contribution in [0.5, 0.6) is 0 Å². The van der Waals surface area contributed by atoms with Gasteiger partial charge in [0, 0.05) is 32.2 Å². The molecule has 0 unspecified atom stereocenters. The van der Waals surface area contributed by atoms with Crippen LogP contribution < -0.4 is 10.6 Å².